The van der Waals surface area contributed by atoms with Crippen LogP contribution in [0.25, 0.3) is 11.1 Å². The number of hydrogen-bond donors (Lipinski definition) is 3. The highest BCUT2D eigenvalue weighted by Crippen LogP contribution is 2.34. The van der Waals surface area contributed by atoms with Gasteiger partial charge in [0.05, 0.1) is 0 Å². The molecule has 0 saturated carbocycles. The number of esters is 1. The lowest BCUT2D eigenvalue weighted by atomic mass is 10.0. The molecular weight excluding hydrogens is 572 g/mol. The number of aromatic nitrogens is 2. The molecule has 4 N–H and O–H groups in total. The molecule has 13 heteroatoms. The number of nitrogens with two attached hydrogens (primary N) is 1. The summed E-state index contributed by atoms with van der Waals surface area (Å²) in [5, 5.41) is 5.55. The largest absolute Gasteiger partial charge is 0.453 e. The van der Waals surface area contributed by atoms with E-state index in [1.54, 1.807) is 0 Å². The molecule has 0 radical (unpaired) electrons. The van der Waals surface area contributed by atoms with Crippen LogP contribution in [0.15, 0.2) is 71.9 Å². The normalized spacial score (nSPS) is 14.4. The third kappa shape index (κ3) is 6.40. The van der Waals surface area contributed by atoms with Crippen molar-refractivity contribution < 1.29 is 27.8 Å². The van der Waals surface area contributed by atoms with Crippen LogP contribution >= 0.6 is 11.6 Å². The quantitative estimate of drug-likeness (QED) is 0.249. The molecule has 0 spiro atoms. The van der Waals surface area contributed by atoms with Crippen molar-refractivity contribution in [1.82, 2.24) is 14.9 Å². The molecule has 3 heterocycles. The second-order valence-corrected chi connectivity index (χ2v) is 9.76. The molecule has 1 aliphatic rings. The summed E-state index contributed by atoms with van der Waals surface area (Å²) in [5.74, 6) is -2.74. The summed E-state index contributed by atoms with van der Waals surface area (Å²) in [5.41, 5.74) is 5.12. The van der Waals surface area contributed by atoms with E-state index in [0.717, 1.165) is 12.5 Å². The van der Waals surface area contributed by atoms with Crippen LogP contribution < -0.4 is 26.5 Å². The fourth-order valence-electron chi connectivity index (χ4n) is 4.33. The van der Waals surface area contributed by atoms with Gasteiger partial charge in [-0.15, -0.1) is 0 Å². The first-order valence-corrected chi connectivity index (χ1v) is 13.2. The SMILES string of the molecule is Nc1nccc(Oc2ccc(NC(=O)c3cn(COC(=O)C4CCCN4)cc(-c4ccc(F)cc4)c3=O)cc2F)c1Cl. The lowest BCUT2D eigenvalue weighted by Gasteiger charge is -2.15. The zero-order valence-corrected chi connectivity index (χ0v) is 22.7. The van der Waals surface area contributed by atoms with Crippen molar-refractivity contribution >= 4 is 35.0 Å². The molecule has 216 valence electrons. The zero-order chi connectivity index (χ0) is 29.8. The van der Waals surface area contributed by atoms with E-state index in [1.165, 1.54) is 65.6 Å². The Morgan fingerprint density at radius 3 is 2.62 bits per heavy atom. The third-order valence-electron chi connectivity index (χ3n) is 6.47. The zero-order valence-electron chi connectivity index (χ0n) is 21.9. The number of pyridine rings is 2. The summed E-state index contributed by atoms with van der Waals surface area (Å²) in [4.78, 5) is 42.8. The molecular formula is C29H24ClF2N5O5. The summed E-state index contributed by atoms with van der Waals surface area (Å²) in [7, 11) is 0. The number of nitrogen functional groups attached to an aromatic ring is 1. The highest BCUT2D eigenvalue weighted by molar-refractivity contribution is 6.34. The molecule has 0 bridgehead atoms. The van der Waals surface area contributed by atoms with Gasteiger partial charge in [0.2, 0.25) is 5.43 Å². The predicted octanol–water partition coefficient (Wildman–Crippen LogP) is 4.72. The summed E-state index contributed by atoms with van der Waals surface area (Å²) >= 11 is 6.06. The van der Waals surface area contributed by atoms with Gasteiger partial charge < -0.3 is 30.4 Å². The molecule has 42 heavy (non-hydrogen) atoms. The Balaban J connectivity index is 1.40. The average Bonchev–Trinajstić information content (AvgIpc) is 3.52. The van der Waals surface area contributed by atoms with Gasteiger partial charge in [0.1, 0.15) is 28.3 Å². The highest BCUT2D eigenvalue weighted by atomic mass is 35.5. The van der Waals surface area contributed by atoms with Crippen LogP contribution in [0.2, 0.25) is 5.02 Å². The van der Waals surface area contributed by atoms with Crippen LogP contribution in [0.5, 0.6) is 11.5 Å². The van der Waals surface area contributed by atoms with Crippen molar-refractivity contribution in [3.05, 3.63) is 99.6 Å². The predicted molar refractivity (Wildman–Crippen MR) is 151 cm³/mol. The number of benzene rings is 2. The van der Waals surface area contributed by atoms with Crippen molar-refractivity contribution in [2.75, 3.05) is 17.6 Å². The molecule has 2 aromatic heterocycles. The van der Waals surface area contributed by atoms with E-state index in [0.29, 0.717) is 18.5 Å². The first-order valence-electron chi connectivity index (χ1n) is 12.8. The summed E-state index contributed by atoms with van der Waals surface area (Å²) in [6.45, 7) is 0.422. The Hall–Kier alpha value is -4.81. The van der Waals surface area contributed by atoms with E-state index in [4.69, 9.17) is 26.8 Å². The van der Waals surface area contributed by atoms with E-state index < -0.39 is 35.0 Å². The standard InChI is InChI=1S/C29H24ClF2N5O5/c30-25-24(9-11-35-27(25)33)42-23-8-7-18(12-21(23)32)36-28(39)20-14-37(15-41-29(40)22-2-1-10-34-22)13-19(26(20)38)16-3-5-17(31)6-4-16/h3-9,11-14,22,34H,1-2,10,15H2,(H2,33,35)(H,36,39). The number of halogens is 3. The second kappa shape index (κ2) is 12.4. The van der Waals surface area contributed by atoms with Gasteiger partial charge in [0.25, 0.3) is 5.91 Å². The topological polar surface area (TPSA) is 138 Å². The summed E-state index contributed by atoms with van der Waals surface area (Å²) < 4.78 is 40.7. The number of amides is 1. The molecule has 1 aliphatic heterocycles. The molecule has 1 amide bonds. The molecule has 10 nitrogen and oxygen atoms in total. The van der Waals surface area contributed by atoms with Crippen molar-refractivity contribution in [2.45, 2.75) is 25.6 Å². The number of carbonyl (C=O) groups excluding carboxylic acids is 2. The third-order valence-corrected chi connectivity index (χ3v) is 6.85. The van der Waals surface area contributed by atoms with E-state index in [1.807, 2.05) is 0 Å². The number of ether oxygens (including phenoxy) is 2. The molecule has 2 aromatic carbocycles. The van der Waals surface area contributed by atoms with Gasteiger partial charge in [-0.1, -0.05) is 23.7 Å². The minimum atomic E-state index is -0.848. The average molecular weight is 596 g/mol. The molecule has 1 fully saturated rings. The lowest BCUT2D eigenvalue weighted by Crippen LogP contribution is -2.33. The summed E-state index contributed by atoms with van der Waals surface area (Å²) in [6.07, 6.45) is 5.47. The Morgan fingerprint density at radius 2 is 1.90 bits per heavy atom. The molecule has 0 aliphatic carbocycles. The maximum atomic E-state index is 14.9. The van der Waals surface area contributed by atoms with E-state index in [9.17, 15) is 23.2 Å². The Kier molecular flexibility index (Phi) is 8.46. The van der Waals surface area contributed by atoms with E-state index in [2.05, 4.69) is 15.6 Å². The Bertz CT molecular complexity index is 1710. The van der Waals surface area contributed by atoms with Crippen molar-refractivity contribution in [3.63, 3.8) is 0 Å². The maximum Gasteiger partial charge on any atom is 0.324 e. The summed E-state index contributed by atoms with van der Waals surface area (Å²) in [6, 6.07) is 9.76. The molecule has 5 rings (SSSR count). The van der Waals surface area contributed by atoms with E-state index >= 15 is 0 Å². The van der Waals surface area contributed by atoms with Crippen LogP contribution in [0.4, 0.5) is 20.3 Å². The van der Waals surface area contributed by atoms with Gasteiger partial charge in [0.15, 0.2) is 24.0 Å². The van der Waals surface area contributed by atoms with Crippen LogP contribution in [0.1, 0.15) is 23.2 Å². The molecule has 1 unspecified atom stereocenters. The van der Waals surface area contributed by atoms with Crippen molar-refractivity contribution in [3.8, 4) is 22.6 Å². The van der Waals surface area contributed by atoms with Gasteiger partial charge in [0, 0.05) is 42.0 Å². The van der Waals surface area contributed by atoms with E-state index in [-0.39, 0.29) is 45.9 Å². The van der Waals surface area contributed by atoms with Crippen molar-refractivity contribution in [1.29, 1.82) is 0 Å². The molecule has 4 aromatic rings. The van der Waals surface area contributed by atoms with Crippen molar-refractivity contribution in [2.24, 2.45) is 0 Å². The number of nitrogens with one attached hydrogen (secondary N) is 2. The number of rotatable bonds is 8. The number of carbonyl (C=O) groups is 2. The van der Waals surface area contributed by atoms with Gasteiger partial charge in [-0.2, -0.15) is 0 Å². The fraction of sp³-hybridized carbons (Fsp3) is 0.172. The first-order chi connectivity index (χ1) is 20.2. The smallest absolute Gasteiger partial charge is 0.324 e. The van der Waals surface area contributed by atoms with Gasteiger partial charge in [-0.25, -0.2) is 13.8 Å². The maximum absolute atomic E-state index is 14.9. The number of anilines is 2. The van der Waals surface area contributed by atoms with Gasteiger partial charge in [-0.05, 0) is 49.2 Å². The van der Waals surface area contributed by atoms with Gasteiger partial charge in [-0.3, -0.25) is 14.4 Å². The first kappa shape index (κ1) is 28.7. The number of nitrogens with zero attached hydrogens (tertiary/aromatic N) is 2. The van der Waals surface area contributed by atoms with Crippen LogP contribution in [-0.2, 0) is 16.3 Å². The fourth-order valence-corrected chi connectivity index (χ4v) is 4.48. The number of hydrogen-bond acceptors (Lipinski definition) is 8. The van der Waals surface area contributed by atoms with Crippen LogP contribution in [0, 0.1) is 11.6 Å². The minimum Gasteiger partial charge on any atom is -0.453 e. The minimum absolute atomic E-state index is 0.0109. The molecule has 1 atom stereocenters. The van der Waals surface area contributed by atoms with Gasteiger partial charge >= 0.3 is 5.97 Å². The molecule has 1 saturated heterocycles. The Labute approximate surface area is 243 Å². The second-order valence-electron chi connectivity index (χ2n) is 9.39. The lowest BCUT2D eigenvalue weighted by molar-refractivity contribution is -0.149. The van der Waals surface area contributed by atoms with Crippen LogP contribution in [0.3, 0.4) is 0 Å². The monoisotopic (exact) mass is 595 g/mol. The Morgan fingerprint density at radius 1 is 1.12 bits per heavy atom. The highest BCUT2D eigenvalue weighted by Gasteiger charge is 2.24. The van der Waals surface area contributed by atoms with Crippen LogP contribution in [-0.4, -0.2) is 34.0 Å².